The predicted octanol–water partition coefficient (Wildman–Crippen LogP) is 3.98. The average molecular weight is 466 g/mol. The normalized spacial score (nSPS) is 16.2. The molecule has 12 heteroatoms. The molecule has 1 atom stereocenters. The van der Waals surface area contributed by atoms with E-state index in [4.69, 9.17) is 4.42 Å². The van der Waals surface area contributed by atoms with Crippen LogP contribution in [0.3, 0.4) is 0 Å². The number of anilines is 1. The van der Waals surface area contributed by atoms with Crippen LogP contribution >= 0.6 is 0 Å². The lowest BCUT2D eigenvalue weighted by molar-refractivity contribution is -0.142. The van der Waals surface area contributed by atoms with E-state index < -0.39 is 17.9 Å². The van der Waals surface area contributed by atoms with Crippen LogP contribution in [0.4, 0.5) is 19.2 Å². The number of H-pyrrole nitrogens is 1. The Morgan fingerprint density at radius 2 is 1.97 bits per heavy atom. The lowest BCUT2D eigenvalue weighted by Gasteiger charge is -2.32. The molecule has 0 spiro atoms. The second-order valence-electron chi connectivity index (χ2n) is 7.98. The summed E-state index contributed by atoms with van der Waals surface area (Å²) in [4.78, 5) is 13.8. The number of nitrogens with one attached hydrogen (secondary N) is 1. The van der Waals surface area contributed by atoms with Gasteiger partial charge in [-0.15, -0.1) is 5.10 Å². The van der Waals surface area contributed by atoms with Crippen molar-refractivity contribution in [3.05, 3.63) is 77.3 Å². The van der Waals surface area contributed by atoms with Gasteiger partial charge in [-0.2, -0.15) is 18.3 Å². The first-order chi connectivity index (χ1) is 16.4. The second kappa shape index (κ2) is 7.40. The van der Waals surface area contributed by atoms with E-state index in [-0.39, 0.29) is 11.9 Å². The molecule has 172 valence electrons. The van der Waals surface area contributed by atoms with Crippen molar-refractivity contribution in [2.24, 2.45) is 0 Å². The molecule has 0 radical (unpaired) electrons. The highest BCUT2D eigenvalue weighted by molar-refractivity contribution is 5.54. The molecule has 0 unspecified atom stereocenters. The number of halogens is 3. The third-order valence-electron chi connectivity index (χ3n) is 5.77. The summed E-state index contributed by atoms with van der Waals surface area (Å²) >= 11 is 0. The van der Waals surface area contributed by atoms with Gasteiger partial charge in [0.15, 0.2) is 0 Å². The van der Waals surface area contributed by atoms with Crippen LogP contribution in [-0.4, -0.2) is 41.3 Å². The van der Waals surface area contributed by atoms with E-state index in [0.717, 1.165) is 22.0 Å². The summed E-state index contributed by atoms with van der Waals surface area (Å²) in [7, 11) is 0. The molecule has 9 nitrogen and oxygen atoms in total. The van der Waals surface area contributed by atoms with Crippen molar-refractivity contribution in [1.82, 2.24) is 34.8 Å². The van der Waals surface area contributed by atoms with E-state index in [2.05, 4.69) is 30.2 Å². The number of aryl methyl sites for hydroxylation is 1. The van der Waals surface area contributed by atoms with Crippen molar-refractivity contribution in [2.75, 3.05) is 11.4 Å². The maximum absolute atomic E-state index is 13.6. The summed E-state index contributed by atoms with van der Waals surface area (Å²) in [6.07, 6.45) is -2.36. The number of pyridine rings is 2. The predicted molar refractivity (Wildman–Crippen MR) is 114 cm³/mol. The smallest absolute Gasteiger partial charge is 0.402 e. The highest BCUT2D eigenvalue weighted by Crippen LogP contribution is 2.38. The Balaban J connectivity index is 1.46. The van der Waals surface area contributed by atoms with Crippen LogP contribution < -0.4 is 4.90 Å². The van der Waals surface area contributed by atoms with Crippen LogP contribution in [0, 0.1) is 6.92 Å². The third-order valence-corrected chi connectivity index (χ3v) is 5.77. The number of nitrogens with zero attached hydrogens (tertiary/aromatic N) is 7. The minimum absolute atomic E-state index is 0.213. The fourth-order valence-electron chi connectivity index (χ4n) is 4.26. The van der Waals surface area contributed by atoms with Crippen molar-refractivity contribution in [3.8, 4) is 11.6 Å². The molecule has 6 rings (SSSR count). The van der Waals surface area contributed by atoms with Gasteiger partial charge >= 0.3 is 12.2 Å². The Morgan fingerprint density at radius 1 is 1.12 bits per heavy atom. The van der Waals surface area contributed by atoms with Gasteiger partial charge in [-0.25, -0.2) is 14.5 Å². The Kier molecular flexibility index (Phi) is 4.44. The standard InChI is InChI=1S/C22H17F3N8O/c1-12-4-2-6-15(28-12)20-29-30-21(34-20)32-9-8-14-18(27-11-26-14)19(32)16-10-13-5-3-7-17(22(23,24)25)33(13)31-16/h2-7,10-11,19H,8-9H2,1H3,(H,26,27)/t19-/m1/s1. The van der Waals surface area contributed by atoms with Crippen molar-refractivity contribution < 1.29 is 17.6 Å². The molecule has 5 aromatic heterocycles. The molecule has 0 fully saturated rings. The Hall–Kier alpha value is -4.22. The van der Waals surface area contributed by atoms with Gasteiger partial charge in [0.1, 0.15) is 17.4 Å². The first kappa shape index (κ1) is 20.4. The number of aromatic amines is 1. The van der Waals surface area contributed by atoms with Gasteiger partial charge in [0.25, 0.3) is 5.89 Å². The van der Waals surface area contributed by atoms with Crippen LogP contribution in [0.1, 0.15) is 34.5 Å². The van der Waals surface area contributed by atoms with E-state index in [0.29, 0.717) is 35.6 Å². The minimum atomic E-state index is -4.55. The van der Waals surface area contributed by atoms with Gasteiger partial charge in [0, 0.05) is 24.4 Å². The number of aromatic nitrogens is 7. The average Bonchev–Trinajstić information content (AvgIpc) is 3.56. The third kappa shape index (κ3) is 3.29. The van der Waals surface area contributed by atoms with Gasteiger partial charge in [-0.3, -0.25) is 0 Å². The minimum Gasteiger partial charge on any atom is -0.402 e. The summed E-state index contributed by atoms with van der Waals surface area (Å²) < 4.78 is 47.6. The monoisotopic (exact) mass is 466 g/mol. The summed E-state index contributed by atoms with van der Waals surface area (Å²) in [5, 5.41) is 12.7. The molecule has 0 saturated carbocycles. The lowest BCUT2D eigenvalue weighted by atomic mass is 10.0. The number of imidazole rings is 1. The topological polar surface area (TPSA) is 101 Å². The zero-order valence-electron chi connectivity index (χ0n) is 17.8. The van der Waals surface area contributed by atoms with E-state index in [1.54, 1.807) is 24.5 Å². The zero-order valence-corrected chi connectivity index (χ0v) is 17.8. The molecule has 1 N–H and O–H groups in total. The molecule has 0 aromatic carbocycles. The molecule has 5 aromatic rings. The Morgan fingerprint density at radius 3 is 2.79 bits per heavy atom. The zero-order chi connectivity index (χ0) is 23.4. The summed E-state index contributed by atoms with van der Waals surface area (Å²) in [5.74, 6) is 0.250. The van der Waals surface area contributed by atoms with Gasteiger partial charge in [-0.05, 0) is 37.3 Å². The summed E-state index contributed by atoms with van der Waals surface area (Å²) in [6.45, 7) is 2.34. The fraction of sp³-hybridized carbons (Fsp3) is 0.227. The maximum Gasteiger partial charge on any atom is 0.433 e. The number of hydrogen-bond acceptors (Lipinski definition) is 7. The summed E-state index contributed by atoms with van der Waals surface area (Å²) in [5.41, 5.74) is 2.73. The number of rotatable bonds is 3. The van der Waals surface area contributed by atoms with Gasteiger partial charge in [-0.1, -0.05) is 17.2 Å². The van der Waals surface area contributed by atoms with E-state index in [1.807, 2.05) is 24.0 Å². The Labute approximate surface area is 190 Å². The van der Waals surface area contributed by atoms with Crippen molar-refractivity contribution >= 4 is 11.5 Å². The summed E-state index contributed by atoms with van der Waals surface area (Å²) in [6, 6.07) is 10.6. The van der Waals surface area contributed by atoms with Crippen molar-refractivity contribution in [3.63, 3.8) is 0 Å². The molecule has 0 aliphatic carbocycles. The molecular formula is C22H17F3N8O. The van der Waals surface area contributed by atoms with Gasteiger partial charge in [0.2, 0.25) is 0 Å². The van der Waals surface area contributed by atoms with Gasteiger partial charge in [0.05, 0.1) is 23.2 Å². The van der Waals surface area contributed by atoms with E-state index >= 15 is 0 Å². The SMILES string of the molecule is Cc1cccc(-c2nnc(N3CCc4[nH]cnc4[C@H]3c3cc4cccc(C(F)(F)F)n4n3)o2)n1. The van der Waals surface area contributed by atoms with Crippen LogP contribution in [0.15, 0.2) is 53.2 Å². The number of hydrogen-bond donors (Lipinski definition) is 1. The molecular weight excluding hydrogens is 449 g/mol. The largest absolute Gasteiger partial charge is 0.433 e. The van der Waals surface area contributed by atoms with Crippen LogP contribution in [0.25, 0.3) is 17.1 Å². The lowest BCUT2D eigenvalue weighted by Crippen LogP contribution is -2.37. The Bertz CT molecular complexity index is 1500. The number of fused-ring (bicyclic) bond motifs is 2. The molecule has 1 aliphatic rings. The molecule has 34 heavy (non-hydrogen) atoms. The van der Waals surface area contributed by atoms with Crippen molar-refractivity contribution in [1.29, 1.82) is 0 Å². The quantitative estimate of drug-likeness (QED) is 0.429. The molecule has 0 amide bonds. The van der Waals surface area contributed by atoms with Crippen LogP contribution in [-0.2, 0) is 12.6 Å². The maximum atomic E-state index is 13.6. The van der Waals surface area contributed by atoms with Crippen LogP contribution in [0.2, 0.25) is 0 Å². The van der Waals surface area contributed by atoms with Gasteiger partial charge < -0.3 is 14.3 Å². The first-order valence-electron chi connectivity index (χ1n) is 10.5. The fourth-order valence-corrected chi connectivity index (χ4v) is 4.26. The molecule has 0 bridgehead atoms. The van der Waals surface area contributed by atoms with Crippen LogP contribution in [0.5, 0.6) is 0 Å². The molecule has 0 saturated heterocycles. The number of alkyl halides is 3. The highest BCUT2D eigenvalue weighted by atomic mass is 19.4. The van der Waals surface area contributed by atoms with E-state index in [9.17, 15) is 13.2 Å². The molecule has 1 aliphatic heterocycles. The highest BCUT2D eigenvalue weighted by Gasteiger charge is 2.38. The second-order valence-corrected chi connectivity index (χ2v) is 7.98. The first-order valence-corrected chi connectivity index (χ1v) is 10.5. The van der Waals surface area contributed by atoms with Crippen molar-refractivity contribution in [2.45, 2.75) is 25.6 Å². The van der Waals surface area contributed by atoms with E-state index in [1.165, 1.54) is 6.07 Å². The molecule has 6 heterocycles.